The van der Waals surface area contributed by atoms with Gasteiger partial charge in [0.2, 0.25) is 5.78 Å². The highest BCUT2D eigenvalue weighted by Crippen LogP contribution is 2.27. The van der Waals surface area contributed by atoms with E-state index in [4.69, 9.17) is 9.47 Å². The molecule has 0 saturated heterocycles. The molecule has 0 radical (unpaired) electrons. The minimum absolute atomic E-state index is 0.279. The maximum absolute atomic E-state index is 12.6. The fourth-order valence-corrected chi connectivity index (χ4v) is 1.85. The van der Waals surface area contributed by atoms with Gasteiger partial charge in [0.15, 0.2) is 0 Å². The fourth-order valence-electron chi connectivity index (χ4n) is 1.85. The molecule has 0 heterocycles. The molecule has 20 heavy (non-hydrogen) atoms. The van der Waals surface area contributed by atoms with Gasteiger partial charge in [-0.2, -0.15) is 0 Å². The maximum Gasteiger partial charge on any atom is 0.260 e. The minimum atomic E-state index is -1.50. The Hall–Kier alpha value is -1.97. The number of hydrogen-bond acceptors (Lipinski definition) is 3. The predicted molar refractivity (Wildman–Crippen MR) is 80.6 cm³/mol. The lowest BCUT2D eigenvalue weighted by atomic mass is 9.96. The normalized spacial score (nSPS) is 12.2. The zero-order valence-corrected chi connectivity index (χ0v) is 12.1. The van der Waals surface area contributed by atoms with Gasteiger partial charge in [-0.25, -0.2) is 0 Å². The highest BCUT2D eigenvalue weighted by atomic mass is 16.7. The van der Waals surface area contributed by atoms with Crippen molar-refractivity contribution >= 4 is 5.78 Å². The summed E-state index contributed by atoms with van der Waals surface area (Å²) in [5, 5.41) is 0. The van der Waals surface area contributed by atoms with Gasteiger partial charge in [0.1, 0.15) is 0 Å². The van der Waals surface area contributed by atoms with Crippen LogP contribution in [0.1, 0.15) is 17.3 Å². The van der Waals surface area contributed by atoms with Crippen LogP contribution in [0, 0.1) is 0 Å². The number of hydrogen-bond donors (Lipinski definition) is 0. The molecular formula is C17H20O3. The van der Waals surface area contributed by atoms with Crippen LogP contribution >= 0.6 is 0 Å². The van der Waals surface area contributed by atoms with E-state index in [1.54, 1.807) is 36.4 Å². The van der Waals surface area contributed by atoms with Crippen molar-refractivity contribution < 1.29 is 14.3 Å². The molecule has 106 valence electrons. The van der Waals surface area contributed by atoms with E-state index in [-0.39, 0.29) is 5.78 Å². The van der Waals surface area contributed by atoms with Crippen LogP contribution in [0.4, 0.5) is 0 Å². The molecule has 0 atom stereocenters. The summed E-state index contributed by atoms with van der Waals surface area (Å²) in [6, 6.07) is 8.87. The third-order valence-electron chi connectivity index (χ3n) is 2.93. The van der Waals surface area contributed by atoms with Crippen LogP contribution in [0.5, 0.6) is 0 Å². The summed E-state index contributed by atoms with van der Waals surface area (Å²) in [4.78, 5) is 12.6. The number of allylic oxidation sites excluding steroid dienone is 3. The number of ether oxygens (including phenoxy) is 2. The molecular weight excluding hydrogens is 252 g/mol. The van der Waals surface area contributed by atoms with E-state index in [2.05, 4.69) is 6.58 Å². The Morgan fingerprint density at radius 3 is 2.25 bits per heavy atom. The SMILES string of the molecule is C=C(/C=C\C=C/C)C(OC)(OC)C(=O)c1ccccc1. The van der Waals surface area contributed by atoms with Crippen molar-refractivity contribution in [2.24, 2.45) is 0 Å². The molecule has 0 aromatic heterocycles. The van der Waals surface area contributed by atoms with Crippen molar-refractivity contribution in [1.29, 1.82) is 0 Å². The molecule has 1 aromatic carbocycles. The zero-order valence-electron chi connectivity index (χ0n) is 12.1. The Kier molecular flexibility index (Phi) is 6.10. The third kappa shape index (κ3) is 3.32. The number of ketones is 1. The Morgan fingerprint density at radius 2 is 1.75 bits per heavy atom. The van der Waals surface area contributed by atoms with Gasteiger partial charge in [-0.3, -0.25) is 4.79 Å². The van der Waals surface area contributed by atoms with E-state index in [1.165, 1.54) is 14.2 Å². The van der Waals surface area contributed by atoms with Gasteiger partial charge in [0, 0.05) is 25.4 Å². The highest BCUT2D eigenvalue weighted by molar-refractivity contribution is 6.03. The quantitative estimate of drug-likeness (QED) is 0.432. The Bertz CT molecular complexity index is 508. The van der Waals surface area contributed by atoms with Gasteiger partial charge in [-0.15, -0.1) is 0 Å². The largest absolute Gasteiger partial charge is 0.343 e. The summed E-state index contributed by atoms with van der Waals surface area (Å²) in [6.45, 7) is 5.80. The second-order valence-corrected chi connectivity index (χ2v) is 4.13. The smallest absolute Gasteiger partial charge is 0.260 e. The molecule has 1 aromatic rings. The molecule has 0 saturated carbocycles. The van der Waals surface area contributed by atoms with Gasteiger partial charge in [0.25, 0.3) is 5.79 Å². The van der Waals surface area contributed by atoms with Gasteiger partial charge in [-0.1, -0.05) is 61.2 Å². The van der Waals surface area contributed by atoms with Gasteiger partial charge in [-0.05, 0) is 6.92 Å². The lowest BCUT2D eigenvalue weighted by molar-refractivity contribution is -0.140. The van der Waals surface area contributed by atoms with Crippen molar-refractivity contribution in [3.05, 3.63) is 72.4 Å². The fraction of sp³-hybridized carbons (Fsp3) is 0.235. The predicted octanol–water partition coefficient (Wildman–Crippen LogP) is 3.55. The van der Waals surface area contributed by atoms with Gasteiger partial charge >= 0.3 is 0 Å². The van der Waals surface area contributed by atoms with E-state index >= 15 is 0 Å². The van der Waals surface area contributed by atoms with Gasteiger partial charge < -0.3 is 9.47 Å². The standard InChI is InChI=1S/C17H20O3/c1-5-6-8-11-14(2)17(19-3,20-4)16(18)15-12-9-7-10-13-15/h5-13H,2H2,1,3-4H3/b6-5-,11-8-. The first-order chi connectivity index (χ1) is 9.62. The maximum atomic E-state index is 12.6. The summed E-state index contributed by atoms with van der Waals surface area (Å²) in [6.07, 6.45) is 7.21. The molecule has 1 rings (SSSR count). The van der Waals surface area contributed by atoms with Crippen molar-refractivity contribution in [2.45, 2.75) is 12.7 Å². The van der Waals surface area contributed by atoms with Crippen LogP contribution < -0.4 is 0 Å². The van der Waals surface area contributed by atoms with Crippen LogP contribution in [0.2, 0.25) is 0 Å². The number of carbonyl (C=O) groups is 1. The average Bonchev–Trinajstić information content (AvgIpc) is 2.50. The minimum Gasteiger partial charge on any atom is -0.343 e. The summed E-state index contributed by atoms with van der Waals surface area (Å²) >= 11 is 0. The molecule has 3 heteroatoms. The molecule has 0 amide bonds. The number of Topliss-reactive ketones (excluding diaryl/α,β-unsaturated/α-hetero) is 1. The van der Waals surface area contributed by atoms with Crippen LogP contribution in [0.15, 0.2) is 66.8 Å². The molecule has 0 fully saturated rings. The van der Waals surface area contributed by atoms with Crippen molar-refractivity contribution in [1.82, 2.24) is 0 Å². The average molecular weight is 272 g/mol. The third-order valence-corrected chi connectivity index (χ3v) is 2.93. The number of methoxy groups -OCH3 is 2. The molecule has 0 spiro atoms. The van der Waals surface area contributed by atoms with E-state index in [0.717, 1.165) is 0 Å². The van der Waals surface area contributed by atoms with E-state index in [0.29, 0.717) is 11.1 Å². The second-order valence-electron chi connectivity index (χ2n) is 4.13. The van der Waals surface area contributed by atoms with E-state index in [1.807, 2.05) is 25.1 Å². The van der Waals surface area contributed by atoms with Crippen molar-refractivity contribution in [3.8, 4) is 0 Å². The van der Waals surface area contributed by atoms with E-state index in [9.17, 15) is 4.79 Å². The lowest BCUT2D eigenvalue weighted by Gasteiger charge is -2.29. The van der Waals surface area contributed by atoms with Crippen LogP contribution in [0.25, 0.3) is 0 Å². The lowest BCUT2D eigenvalue weighted by Crippen LogP contribution is -2.44. The Morgan fingerprint density at radius 1 is 1.15 bits per heavy atom. The van der Waals surface area contributed by atoms with E-state index < -0.39 is 5.79 Å². The molecule has 0 aliphatic heterocycles. The molecule has 0 unspecified atom stereocenters. The highest BCUT2D eigenvalue weighted by Gasteiger charge is 2.41. The number of rotatable bonds is 7. The monoisotopic (exact) mass is 272 g/mol. The zero-order chi connectivity index (χ0) is 15.0. The first kappa shape index (κ1) is 16.1. The summed E-state index contributed by atoms with van der Waals surface area (Å²) in [5.41, 5.74) is 0.950. The summed E-state index contributed by atoms with van der Waals surface area (Å²) in [5.74, 6) is -1.78. The Balaban J connectivity index is 3.15. The molecule has 0 N–H and O–H groups in total. The van der Waals surface area contributed by atoms with Crippen molar-refractivity contribution in [2.75, 3.05) is 14.2 Å². The van der Waals surface area contributed by atoms with Crippen LogP contribution in [0.3, 0.4) is 0 Å². The van der Waals surface area contributed by atoms with Gasteiger partial charge in [0.05, 0.1) is 0 Å². The molecule has 0 bridgehead atoms. The molecule has 0 aliphatic rings. The molecule has 0 aliphatic carbocycles. The van der Waals surface area contributed by atoms with Crippen LogP contribution in [-0.4, -0.2) is 25.8 Å². The topological polar surface area (TPSA) is 35.5 Å². The summed E-state index contributed by atoms with van der Waals surface area (Å²) in [7, 11) is 2.86. The number of benzene rings is 1. The molecule has 3 nitrogen and oxygen atoms in total. The van der Waals surface area contributed by atoms with Crippen molar-refractivity contribution in [3.63, 3.8) is 0 Å². The Labute approximate surface area is 120 Å². The number of carbonyl (C=O) groups excluding carboxylic acids is 1. The summed E-state index contributed by atoms with van der Waals surface area (Å²) < 4.78 is 10.7. The second kappa shape index (κ2) is 7.58. The first-order valence-electron chi connectivity index (χ1n) is 6.31. The first-order valence-corrected chi connectivity index (χ1v) is 6.31. The van der Waals surface area contributed by atoms with Crippen LogP contribution in [-0.2, 0) is 9.47 Å².